The standard InChI is InChI=1S/C10H19N3OS/c1-3-5-15-7-9(14)6-10-11-8-12-13(10)4-2/h8-9,14H,3-7H2,1-2H3. The van der Waals surface area contributed by atoms with E-state index in [0.29, 0.717) is 6.42 Å². The van der Waals surface area contributed by atoms with E-state index in [0.717, 1.165) is 30.3 Å². The van der Waals surface area contributed by atoms with Gasteiger partial charge in [-0.05, 0) is 19.1 Å². The minimum atomic E-state index is -0.309. The van der Waals surface area contributed by atoms with Gasteiger partial charge in [0.2, 0.25) is 0 Å². The lowest BCUT2D eigenvalue weighted by molar-refractivity contribution is 0.195. The second-order valence-corrected chi connectivity index (χ2v) is 4.57. The van der Waals surface area contributed by atoms with Crippen molar-refractivity contribution in [2.75, 3.05) is 11.5 Å². The van der Waals surface area contributed by atoms with Crippen LogP contribution in [0.3, 0.4) is 0 Å². The summed E-state index contributed by atoms with van der Waals surface area (Å²) in [7, 11) is 0. The fourth-order valence-corrected chi connectivity index (χ4v) is 2.19. The third-order valence-corrected chi connectivity index (χ3v) is 3.39. The van der Waals surface area contributed by atoms with Crippen LogP contribution < -0.4 is 0 Å². The Bertz CT molecular complexity index is 277. The topological polar surface area (TPSA) is 50.9 Å². The highest BCUT2D eigenvalue weighted by Gasteiger charge is 2.10. The molecule has 0 aliphatic rings. The first kappa shape index (κ1) is 12.5. The molecule has 0 bridgehead atoms. The van der Waals surface area contributed by atoms with Crippen LogP contribution in [0.1, 0.15) is 26.1 Å². The van der Waals surface area contributed by atoms with Gasteiger partial charge in [-0.25, -0.2) is 4.98 Å². The molecule has 0 amide bonds. The van der Waals surface area contributed by atoms with Crippen LogP contribution in [0.2, 0.25) is 0 Å². The van der Waals surface area contributed by atoms with Gasteiger partial charge < -0.3 is 5.11 Å². The predicted octanol–water partition coefficient (Wildman–Crippen LogP) is 1.34. The van der Waals surface area contributed by atoms with Crippen LogP contribution in [0.5, 0.6) is 0 Å². The van der Waals surface area contributed by atoms with E-state index in [2.05, 4.69) is 17.0 Å². The summed E-state index contributed by atoms with van der Waals surface area (Å²) in [6, 6.07) is 0. The summed E-state index contributed by atoms with van der Waals surface area (Å²) in [4.78, 5) is 4.14. The summed E-state index contributed by atoms with van der Waals surface area (Å²) in [5.74, 6) is 2.77. The van der Waals surface area contributed by atoms with Gasteiger partial charge in [-0.15, -0.1) is 0 Å². The van der Waals surface area contributed by atoms with Gasteiger partial charge in [0.25, 0.3) is 0 Å². The molecular formula is C10H19N3OS. The minimum Gasteiger partial charge on any atom is -0.392 e. The van der Waals surface area contributed by atoms with Crippen molar-refractivity contribution in [1.29, 1.82) is 0 Å². The molecule has 0 aromatic carbocycles. The van der Waals surface area contributed by atoms with Gasteiger partial charge in [0, 0.05) is 18.7 Å². The molecule has 1 aromatic rings. The number of thioether (sulfide) groups is 1. The van der Waals surface area contributed by atoms with Gasteiger partial charge in [-0.1, -0.05) is 6.92 Å². The van der Waals surface area contributed by atoms with Crippen molar-refractivity contribution >= 4 is 11.8 Å². The highest BCUT2D eigenvalue weighted by atomic mass is 32.2. The average Bonchev–Trinajstić information content (AvgIpc) is 2.65. The van der Waals surface area contributed by atoms with Crippen molar-refractivity contribution in [2.24, 2.45) is 0 Å². The Morgan fingerprint density at radius 3 is 3.00 bits per heavy atom. The largest absolute Gasteiger partial charge is 0.392 e. The van der Waals surface area contributed by atoms with E-state index >= 15 is 0 Å². The van der Waals surface area contributed by atoms with Gasteiger partial charge in [0.1, 0.15) is 12.2 Å². The lowest BCUT2D eigenvalue weighted by Crippen LogP contribution is -2.17. The van der Waals surface area contributed by atoms with Crippen LogP contribution >= 0.6 is 11.8 Å². The smallest absolute Gasteiger partial charge is 0.138 e. The summed E-state index contributed by atoms with van der Waals surface area (Å²) in [6.45, 7) is 4.98. The first-order chi connectivity index (χ1) is 7.27. The molecule has 0 radical (unpaired) electrons. The second kappa shape index (κ2) is 6.85. The van der Waals surface area contributed by atoms with Gasteiger partial charge in [-0.2, -0.15) is 16.9 Å². The Morgan fingerprint density at radius 2 is 2.33 bits per heavy atom. The lowest BCUT2D eigenvalue weighted by Gasteiger charge is -2.09. The number of nitrogens with zero attached hydrogens (tertiary/aromatic N) is 3. The molecule has 86 valence electrons. The minimum absolute atomic E-state index is 0.309. The zero-order valence-corrected chi connectivity index (χ0v) is 10.2. The third-order valence-electron chi connectivity index (χ3n) is 2.07. The molecule has 15 heavy (non-hydrogen) atoms. The van der Waals surface area contributed by atoms with E-state index in [4.69, 9.17) is 0 Å². The lowest BCUT2D eigenvalue weighted by atomic mass is 10.3. The predicted molar refractivity (Wildman–Crippen MR) is 63.0 cm³/mol. The molecule has 1 rings (SSSR count). The molecule has 0 spiro atoms. The number of rotatable bonds is 7. The summed E-state index contributed by atoms with van der Waals surface area (Å²) in [5.41, 5.74) is 0. The molecule has 0 saturated heterocycles. The molecule has 4 nitrogen and oxygen atoms in total. The first-order valence-corrected chi connectivity index (χ1v) is 6.55. The fourth-order valence-electron chi connectivity index (χ4n) is 1.34. The molecule has 0 aliphatic heterocycles. The van der Waals surface area contributed by atoms with E-state index in [-0.39, 0.29) is 6.10 Å². The fraction of sp³-hybridized carbons (Fsp3) is 0.800. The van der Waals surface area contributed by atoms with E-state index in [9.17, 15) is 5.11 Å². The summed E-state index contributed by atoms with van der Waals surface area (Å²) in [5, 5.41) is 13.8. The Kier molecular flexibility index (Phi) is 5.71. The molecule has 1 atom stereocenters. The van der Waals surface area contributed by atoms with Gasteiger partial charge in [0.15, 0.2) is 0 Å². The number of aromatic nitrogens is 3. The number of hydrogen-bond acceptors (Lipinski definition) is 4. The summed E-state index contributed by atoms with van der Waals surface area (Å²) >= 11 is 1.79. The Labute approximate surface area is 95.1 Å². The van der Waals surface area contributed by atoms with Gasteiger partial charge >= 0.3 is 0 Å². The normalized spacial score (nSPS) is 13.0. The first-order valence-electron chi connectivity index (χ1n) is 5.40. The maximum absolute atomic E-state index is 9.77. The maximum atomic E-state index is 9.77. The molecule has 0 saturated carbocycles. The monoisotopic (exact) mass is 229 g/mol. The zero-order valence-electron chi connectivity index (χ0n) is 9.39. The van der Waals surface area contributed by atoms with Crippen LogP contribution in [0.15, 0.2) is 6.33 Å². The van der Waals surface area contributed by atoms with E-state index in [1.807, 2.05) is 11.6 Å². The van der Waals surface area contributed by atoms with Crippen molar-refractivity contribution < 1.29 is 5.11 Å². The molecule has 1 unspecified atom stereocenters. The van der Waals surface area contributed by atoms with Crippen LogP contribution in [0, 0.1) is 0 Å². The number of hydrogen-bond donors (Lipinski definition) is 1. The van der Waals surface area contributed by atoms with Crippen LogP contribution in [-0.4, -0.2) is 37.5 Å². The van der Waals surface area contributed by atoms with Crippen molar-refractivity contribution in [3.8, 4) is 0 Å². The Morgan fingerprint density at radius 1 is 1.53 bits per heavy atom. The van der Waals surface area contributed by atoms with E-state index < -0.39 is 0 Å². The SMILES string of the molecule is CCCSCC(O)Cc1ncnn1CC. The molecule has 1 N–H and O–H groups in total. The van der Waals surface area contributed by atoms with Crippen molar-refractivity contribution in [3.63, 3.8) is 0 Å². The second-order valence-electron chi connectivity index (χ2n) is 3.42. The molecule has 1 aromatic heterocycles. The van der Waals surface area contributed by atoms with Crippen molar-refractivity contribution in [1.82, 2.24) is 14.8 Å². The van der Waals surface area contributed by atoms with Crippen molar-refractivity contribution in [3.05, 3.63) is 12.2 Å². The molecule has 0 aliphatic carbocycles. The molecule has 1 heterocycles. The Balaban J connectivity index is 2.33. The van der Waals surface area contributed by atoms with E-state index in [1.54, 1.807) is 18.1 Å². The zero-order chi connectivity index (χ0) is 11.1. The molecule has 0 fully saturated rings. The van der Waals surface area contributed by atoms with Crippen molar-refractivity contribution in [2.45, 2.75) is 39.3 Å². The number of aliphatic hydroxyl groups is 1. The third kappa shape index (κ3) is 4.22. The summed E-state index contributed by atoms with van der Waals surface area (Å²) in [6.07, 6.45) is 2.99. The van der Waals surface area contributed by atoms with E-state index in [1.165, 1.54) is 0 Å². The average molecular weight is 229 g/mol. The maximum Gasteiger partial charge on any atom is 0.138 e. The molecular weight excluding hydrogens is 210 g/mol. The number of aryl methyl sites for hydroxylation is 1. The highest BCUT2D eigenvalue weighted by Crippen LogP contribution is 2.08. The summed E-state index contributed by atoms with van der Waals surface area (Å²) < 4.78 is 1.83. The molecule has 5 heteroatoms. The van der Waals surface area contributed by atoms with Crippen LogP contribution in [0.25, 0.3) is 0 Å². The highest BCUT2D eigenvalue weighted by molar-refractivity contribution is 7.99. The Hall–Kier alpha value is -0.550. The van der Waals surface area contributed by atoms with Gasteiger partial charge in [-0.3, -0.25) is 4.68 Å². The van der Waals surface area contributed by atoms with Crippen LogP contribution in [0.4, 0.5) is 0 Å². The quantitative estimate of drug-likeness (QED) is 0.717. The van der Waals surface area contributed by atoms with Gasteiger partial charge in [0.05, 0.1) is 6.10 Å². The van der Waals surface area contributed by atoms with Crippen LogP contribution in [-0.2, 0) is 13.0 Å². The number of aliphatic hydroxyl groups excluding tert-OH is 1.